The van der Waals surface area contributed by atoms with Crippen LogP contribution >= 0.6 is 0 Å². The van der Waals surface area contributed by atoms with Gasteiger partial charge in [0.2, 0.25) is 11.8 Å². The van der Waals surface area contributed by atoms with E-state index in [4.69, 9.17) is 4.74 Å². The lowest BCUT2D eigenvalue weighted by Crippen LogP contribution is -2.43. The molecule has 0 aliphatic carbocycles. The summed E-state index contributed by atoms with van der Waals surface area (Å²) in [4.78, 5) is 24.2. The molecule has 0 aliphatic rings. The van der Waals surface area contributed by atoms with Crippen LogP contribution in [-0.2, 0) is 14.3 Å². The monoisotopic (exact) mass is 230 g/mol. The number of nitrogens with zero attached hydrogens (tertiary/aromatic N) is 1. The summed E-state index contributed by atoms with van der Waals surface area (Å²) in [5, 5.41) is 2.74. The average molecular weight is 230 g/mol. The average Bonchev–Trinajstić information content (AvgIpc) is 2.20. The molecule has 0 unspecified atom stereocenters. The summed E-state index contributed by atoms with van der Waals surface area (Å²) in [6.07, 6.45) is 0.782. The van der Waals surface area contributed by atoms with Gasteiger partial charge >= 0.3 is 0 Å². The van der Waals surface area contributed by atoms with Crippen LogP contribution < -0.4 is 5.32 Å². The van der Waals surface area contributed by atoms with Crippen LogP contribution in [0, 0.1) is 0 Å². The quantitative estimate of drug-likeness (QED) is 0.644. The van der Waals surface area contributed by atoms with Gasteiger partial charge < -0.3 is 15.0 Å². The number of carbonyl (C=O) groups excluding carboxylic acids is 2. The number of rotatable bonds is 7. The smallest absolute Gasteiger partial charge is 0.239 e. The first kappa shape index (κ1) is 14.9. The minimum atomic E-state index is -0.125. The fourth-order valence-corrected chi connectivity index (χ4v) is 1.31. The van der Waals surface area contributed by atoms with E-state index in [0.29, 0.717) is 13.2 Å². The maximum absolute atomic E-state index is 11.5. The zero-order valence-electron chi connectivity index (χ0n) is 10.6. The molecule has 5 heteroatoms. The van der Waals surface area contributed by atoms with E-state index in [1.807, 2.05) is 13.8 Å². The Morgan fingerprint density at radius 2 is 2.00 bits per heavy atom. The van der Waals surface area contributed by atoms with Crippen molar-refractivity contribution in [3.8, 4) is 0 Å². The van der Waals surface area contributed by atoms with Crippen LogP contribution in [0.15, 0.2) is 0 Å². The fourth-order valence-electron chi connectivity index (χ4n) is 1.31. The van der Waals surface area contributed by atoms with Gasteiger partial charge in [0, 0.05) is 33.2 Å². The van der Waals surface area contributed by atoms with Gasteiger partial charge in [-0.15, -0.1) is 0 Å². The summed E-state index contributed by atoms with van der Waals surface area (Å²) in [6.45, 7) is 6.58. The molecule has 16 heavy (non-hydrogen) atoms. The van der Waals surface area contributed by atoms with Gasteiger partial charge in [-0.05, 0) is 20.3 Å². The lowest BCUT2D eigenvalue weighted by atomic mass is 10.3. The first-order valence-electron chi connectivity index (χ1n) is 5.52. The normalized spacial score (nSPS) is 10.3. The molecule has 0 saturated carbocycles. The van der Waals surface area contributed by atoms with Crippen molar-refractivity contribution in [1.82, 2.24) is 10.2 Å². The topological polar surface area (TPSA) is 58.6 Å². The molecule has 0 heterocycles. The molecule has 2 amide bonds. The second-order valence-corrected chi connectivity index (χ2v) is 3.94. The predicted molar refractivity (Wildman–Crippen MR) is 62.0 cm³/mol. The zero-order valence-corrected chi connectivity index (χ0v) is 10.6. The largest absolute Gasteiger partial charge is 0.385 e. The number of methoxy groups -OCH3 is 1. The molecule has 0 bridgehead atoms. The minimum absolute atomic E-state index is 0.0437. The summed E-state index contributed by atoms with van der Waals surface area (Å²) in [7, 11) is 1.62. The third-order valence-electron chi connectivity index (χ3n) is 2.19. The highest BCUT2D eigenvalue weighted by molar-refractivity contribution is 5.83. The van der Waals surface area contributed by atoms with E-state index < -0.39 is 0 Å². The van der Waals surface area contributed by atoms with Gasteiger partial charge in [-0.2, -0.15) is 0 Å². The van der Waals surface area contributed by atoms with E-state index in [-0.39, 0.29) is 24.4 Å². The summed E-state index contributed by atoms with van der Waals surface area (Å²) >= 11 is 0. The standard InChI is InChI=1S/C11H22N2O3/c1-9(2)13(10(3)14)8-11(15)12-6-5-7-16-4/h9H,5-8H2,1-4H3,(H,12,15). The van der Waals surface area contributed by atoms with E-state index in [1.54, 1.807) is 7.11 Å². The van der Waals surface area contributed by atoms with E-state index in [0.717, 1.165) is 6.42 Å². The van der Waals surface area contributed by atoms with Crippen molar-refractivity contribution in [2.75, 3.05) is 26.8 Å². The molecule has 0 atom stereocenters. The Morgan fingerprint density at radius 3 is 2.44 bits per heavy atom. The van der Waals surface area contributed by atoms with Gasteiger partial charge in [0.15, 0.2) is 0 Å². The van der Waals surface area contributed by atoms with Crippen LogP contribution in [0.1, 0.15) is 27.2 Å². The minimum Gasteiger partial charge on any atom is -0.385 e. The van der Waals surface area contributed by atoms with Crippen LogP contribution in [0.25, 0.3) is 0 Å². The van der Waals surface area contributed by atoms with Gasteiger partial charge in [-0.3, -0.25) is 9.59 Å². The molecule has 0 aliphatic heterocycles. The number of nitrogens with one attached hydrogen (secondary N) is 1. The molecular weight excluding hydrogens is 208 g/mol. The van der Waals surface area contributed by atoms with Crippen molar-refractivity contribution >= 4 is 11.8 Å². The van der Waals surface area contributed by atoms with E-state index in [1.165, 1.54) is 11.8 Å². The summed E-state index contributed by atoms with van der Waals surface area (Å²) in [5.74, 6) is -0.206. The van der Waals surface area contributed by atoms with Gasteiger partial charge in [0.1, 0.15) is 0 Å². The molecule has 5 nitrogen and oxygen atoms in total. The Hall–Kier alpha value is -1.10. The molecule has 0 rings (SSSR count). The van der Waals surface area contributed by atoms with Crippen LogP contribution in [0.3, 0.4) is 0 Å². The molecule has 0 aromatic rings. The number of amides is 2. The molecule has 0 fully saturated rings. The van der Waals surface area contributed by atoms with E-state index >= 15 is 0 Å². The summed E-state index contributed by atoms with van der Waals surface area (Å²) in [5.41, 5.74) is 0. The fraction of sp³-hybridized carbons (Fsp3) is 0.818. The lowest BCUT2D eigenvalue weighted by molar-refractivity contribution is -0.135. The number of ether oxygens (including phenoxy) is 1. The van der Waals surface area contributed by atoms with Crippen LogP contribution in [0.4, 0.5) is 0 Å². The van der Waals surface area contributed by atoms with Gasteiger partial charge in [0.05, 0.1) is 6.54 Å². The van der Waals surface area contributed by atoms with Crippen molar-refractivity contribution < 1.29 is 14.3 Å². The zero-order chi connectivity index (χ0) is 12.6. The van der Waals surface area contributed by atoms with Crippen LogP contribution in [0.2, 0.25) is 0 Å². The number of hydrogen-bond donors (Lipinski definition) is 1. The molecule has 0 saturated heterocycles. The van der Waals surface area contributed by atoms with Crippen molar-refractivity contribution in [1.29, 1.82) is 0 Å². The first-order chi connectivity index (χ1) is 7.49. The molecule has 94 valence electrons. The Morgan fingerprint density at radius 1 is 1.38 bits per heavy atom. The highest BCUT2D eigenvalue weighted by Gasteiger charge is 2.15. The SMILES string of the molecule is COCCCNC(=O)CN(C(C)=O)C(C)C. The van der Waals surface area contributed by atoms with Crippen molar-refractivity contribution in [2.24, 2.45) is 0 Å². The second kappa shape index (κ2) is 8.10. The Labute approximate surface area is 97.1 Å². The Bertz CT molecular complexity index is 229. The lowest BCUT2D eigenvalue weighted by Gasteiger charge is -2.24. The van der Waals surface area contributed by atoms with Crippen LogP contribution in [-0.4, -0.2) is 49.6 Å². The Kier molecular flexibility index (Phi) is 7.54. The third kappa shape index (κ3) is 6.40. The van der Waals surface area contributed by atoms with Crippen molar-refractivity contribution in [3.05, 3.63) is 0 Å². The molecule has 0 radical (unpaired) electrons. The van der Waals surface area contributed by atoms with E-state index in [9.17, 15) is 9.59 Å². The number of carbonyl (C=O) groups is 2. The third-order valence-corrected chi connectivity index (χ3v) is 2.19. The molecule has 1 N–H and O–H groups in total. The molecule has 0 spiro atoms. The van der Waals surface area contributed by atoms with Crippen LogP contribution in [0.5, 0.6) is 0 Å². The first-order valence-corrected chi connectivity index (χ1v) is 5.52. The van der Waals surface area contributed by atoms with Crippen molar-refractivity contribution in [3.63, 3.8) is 0 Å². The summed E-state index contributed by atoms with van der Waals surface area (Å²) in [6, 6.07) is 0.0437. The van der Waals surface area contributed by atoms with Gasteiger partial charge in [-0.25, -0.2) is 0 Å². The summed E-state index contributed by atoms with van der Waals surface area (Å²) < 4.78 is 4.87. The highest BCUT2D eigenvalue weighted by atomic mass is 16.5. The molecular formula is C11H22N2O3. The maximum Gasteiger partial charge on any atom is 0.239 e. The number of hydrogen-bond acceptors (Lipinski definition) is 3. The van der Waals surface area contributed by atoms with Gasteiger partial charge in [0.25, 0.3) is 0 Å². The van der Waals surface area contributed by atoms with Crippen molar-refractivity contribution in [2.45, 2.75) is 33.2 Å². The second-order valence-electron chi connectivity index (χ2n) is 3.94. The van der Waals surface area contributed by atoms with E-state index in [2.05, 4.69) is 5.32 Å². The molecule has 0 aromatic heterocycles. The maximum atomic E-state index is 11.5. The van der Waals surface area contributed by atoms with Gasteiger partial charge in [-0.1, -0.05) is 0 Å². The predicted octanol–water partition coefficient (Wildman–Crippen LogP) is 0.396. The Balaban J connectivity index is 3.87. The highest BCUT2D eigenvalue weighted by Crippen LogP contribution is 1.97. The molecule has 0 aromatic carbocycles.